The van der Waals surface area contributed by atoms with E-state index in [1.807, 2.05) is 4.90 Å². The van der Waals surface area contributed by atoms with E-state index in [1.165, 1.54) is 19.2 Å². The van der Waals surface area contributed by atoms with Gasteiger partial charge in [0.1, 0.15) is 0 Å². The molecule has 0 bridgehead atoms. The van der Waals surface area contributed by atoms with Crippen molar-refractivity contribution in [2.24, 2.45) is 11.3 Å². The SMILES string of the molecule is CCOC(=O)[C@H]1CCN2c3ccc([N+](=O)[O-])cc3C[C@]3(C(=O)NC(=O)N(C)C3=O)[C@@H]2C1. The van der Waals surface area contributed by atoms with Crippen molar-refractivity contribution < 1.29 is 28.8 Å². The average Bonchev–Trinajstić information content (AvgIpc) is 2.75. The van der Waals surface area contributed by atoms with Gasteiger partial charge in [-0.3, -0.25) is 34.7 Å². The van der Waals surface area contributed by atoms with Gasteiger partial charge in [-0.25, -0.2) is 4.79 Å². The van der Waals surface area contributed by atoms with Crippen LogP contribution in [0.25, 0.3) is 0 Å². The summed E-state index contributed by atoms with van der Waals surface area (Å²) in [7, 11) is 1.28. The summed E-state index contributed by atoms with van der Waals surface area (Å²) < 4.78 is 5.16. The standard InChI is InChI=1S/C20H22N4O7/c1-3-31-16(25)11-6-7-23-14-5-4-13(24(29)30)8-12(14)10-20(15(23)9-11)17(26)21-19(28)22(2)18(20)27/h4-5,8,11,15H,3,6-7,9-10H2,1-2H3,(H,21,26,28)/t11-,15-,20+/m0/s1. The first-order valence-corrected chi connectivity index (χ1v) is 10.0. The van der Waals surface area contributed by atoms with Gasteiger partial charge in [-0.1, -0.05) is 0 Å². The summed E-state index contributed by atoms with van der Waals surface area (Å²) in [4.78, 5) is 64.5. The van der Waals surface area contributed by atoms with E-state index in [0.29, 0.717) is 24.2 Å². The number of nitro benzene ring substituents is 1. The van der Waals surface area contributed by atoms with Crippen molar-refractivity contribution >= 4 is 35.2 Å². The number of non-ortho nitro benzene ring substituents is 1. The molecule has 0 unspecified atom stereocenters. The summed E-state index contributed by atoms with van der Waals surface area (Å²) in [5, 5.41) is 13.5. The zero-order valence-electron chi connectivity index (χ0n) is 17.1. The van der Waals surface area contributed by atoms with Gasteiger partial charge in [-0.05, 0) is 31.4 Å². The lowest BCUT2D eigenvalue weighted by atomic mass is 9.64. The molecule has 1 aromatic carbocycles. The second-order valence-electron chi connectivity index (χ2n) is 8.02. The van der Waals surface area contributed by atoms with Crippen LogP contribution in [-0.2, 0) is 25.5 Å². The summed E-state index contributed by atoms with van der Waals surface area (Å²) in [6.45, 7) is 2.29. The number of nitro groups is 1. The number of rotatable bonds is 3. The highest BCUT2D eigenvalue weighted by atomic mass is 16.6. The van der Waals surface area contributed by atoms with Crippen molar-refractivity contribution in [3.8, 4) is 0 Å². The smallest absolute Gasteiger partial charge is 0.330 e. The number of carbonyl (C=O) groups is 4. The predicted molar refractivity (Wildman–Crippen MR) is 106 cm³/mol. The number of nitrogens with one attached hydrogen (secondary N) is 1. The number of urea groups is 1. The summed E-state index contributed by atoms with van der Waals surface area (Å²) in [5.41, 5.74) is -0.674. The molecule has 1 aromatic rings. The molecule has 1 spiro atoms. The van der Waals surface area contributed by atoms with Gasteiger partial charge in [-0.2, -0.15) is 0 Å². The van der Waals surface area contributed by atoms with Gasteiger partial charge in [-0.15, -0.1) is 0 Å². The third-order valence-electron chi connectivity index (χ3n) is 6.46. The number of amides is 4. The molecule has 0 aromatic heterocycles. The number of barbiturate groups is 1. The molecule has 0 radical (unpaired) electrons. The largest absolute Gasteiger partial charge is 0.466 e. The van der Waals surface area contributed by atoms with Gasteiger partial charge in [0.05, 0.1) is 23.5 Å². The zero-order chi connectivity index (χ0) is 22.5. The zero-order valence-corrected chi connectivity index (χ0v) is 17.1. The number of imide groups is 2. The molecule has 3 aliphatic rings. The van der Waals surface area contributed by atoms with Crippen molar-refractivity contribution in [3.63, 3.8) is 0 Å². The number of ether oxygens (including phenoxy) is 1. The van der Waals surface area contributed by atoms with E-state index in [9.17, 15) is 29.3 Å². The second kappa shape index (κ2) is 7.33. The molecule has 3 aliphatic heterocycles. The van der Waals surface area contributed by atoms with Crippen LogP contribution in [0.4, 0.5) is 16.2 Å². The van der Waals surface area contributed by atoms with Crippen molar-refractivity contribution in [2.45, 2.75) is 32.2 Å². The van der Waals surface area contributed by atoms with Crippen LogP contribution in [0.1, 0.15) is 25.3 Å². The molecular weight excluding hydrogens is 408 g/mol. The average molecular weight is 430 g/mol. The van der Waals surface area contributed by atoms with Crippen LogP contribution in [0.2, 0.25) is 0 Å². The molecule has 0 aliphatic carbocycles. The van der Waals surface area contributed by atoms with Crippen LogP contribution in [0.15, 0.2) is 18.2 Å². The van der Waals surface area contributed by atoms with Gasteiger partial charge in [0.15, 0.2) is 5.41 Å². The first kappa shape index (κ1) is 20.8. The first-order valence-electron chi connectivity index (χ1n) is 10.0. The van der Waals surface area contributed by atoms with Gasteiger partial charge in [0, 0.05) is 37.8 Å². The Kier molecular flexibility index (Phi) is 4.91. The number of benzene rings is 1. The molecule has 0 saturated carbocycles. The molecule has 2 saturated heterocycles. The number of carbonyl (C=O) groups excluding carboxylic acids is 4. The van der Waals surface area contributed by atoms with Crippen LogP contribution in [0.5, 0.6) is 0 Å². The lowest BCUT2D eigenvalue weighted by molar-refractivity contribution is -0.384. The Labute approximate surface area is 177 Å². The number of fused-ring (bicyclic) bond motifs is 4. The monoisotopic (exact) mass is 430 g/mol. The Balaban J connectivity index is 1.84. The number of hydrogen-bond acceptors (Lipinski definition) is 8. The van der Waals surface area contributed by atoms with Gasteiger partial charge in [0.2, 0.25) is 11.8 Å². The van der Waals surface area contributed by atoms with E-state index < -0.39 is 40.1 Å². The minimum Gasteiger partial charge on any atom is -0.466 e. The Morgan fingerprint density at radius 1 is 1.35 bits per heavy atom. The molecule has 11 nitrogen and oxygen atoms in total. The third-order valence-corrected chi connectivity index (χ3v) is 6.46. The number of anilines is 1. The lowest BCUT2D eigenvalue weighted by Gasteiger charge is -2.54. The van der Waals surface area contributed by atoms with E-state index in [-0.39, 0.29) is 31.1 Å². The lowest BCUT2D eigenvalue weighted by Crippen LogP contribution is -2.72. The maximum Gasteiger partial charge on any atom is 0.330 e. The third kappa shape index (κ3) is 3.03. The van der Waals surface area contributed by atoms with E-state index in [2.05, 4.69) is 5.32 Å². The molecule has 3 heterocycles. The molecule has 164 valence electrons. The topological polar surface area (TPSA) is 139 Å². The molecule has 31 heavy (non-hydrogen) atoms. The summed E-state index contributed by atoms with van der Waals surface area (Å²) in [5.74, 6) is -2.32. The van der Waals surface area contributed by atoms with Crippen molar-refractivity contribution in [2.75, 3.05) is 25.1 Å². The maximum absolute atomic E-state index is 13.4. The Hall–Kier alpha value is -3.50. The highest BCUT2D eigenvalue weighted by molar-refractivity contribution is 6.20. The highest BCUT2D eigenvalue weighted by Crippen LogP contribution is 2.49. The number of hydrogen-bond donors (Lipinski definition) is 1. The molecular formula is C20H22N4O7. The van der Waals surface area contributed by atoms with Crippen LogP contribution in [0, 0.1) is 21.4 Å². The Morgan fingerprint density at radius 3 is 2.77 bits per heavy atom. The minimum absolute atomic E-state index is 0.108. The molecule has 3 atom stereocenters. The second-order valence-corrected chi connectivity index (χ2v) is 8.02. The number of nitrogens with zero attached hydrogens (tertiary/aromatic N) is 3. The van der Waals surface area contributed by atoms with Crippen molar-refractivity contribution in [3.05, 3.63) is 33.9 Å². The van der Waals surface area contributed by atoms with Crippen molar-refractivity contribution in [1.82, 2.24) is 10.2 Å². The minimum atomic E-state index is -1.68. The van der Waals surface area contributed by atoms with E-state index in [0.717, 1.165) is 4.90 Å². The number of piperidine rings is 1. The molecule has 1 N–H and O–H groups in total. The van der Waals surface area contributed by atoms with Crippen LogP contribution in [0.3, 0.4) is 0 Å². The van der Waals surface area contributed by atoms with Crippen LogP contribution >= 0.6 is 0 Å². The summed E-state index contributed by atoms with van der Waals surface area (Å²) >= 11 is 0. The Bertz CT molecular complexity index is 1010. The van der Waals surface area contributed by atoms with Gasteiger partial charge in [0.25, 0.3) is 5.69 Å². The van der Waals surface area contributed by atoms with Crippen LogP contribution in [-0.4, -0.2) is 59.9 Å². The predicted octanol–water partition coefficient (Wildman–Crippen LogP) is 0.994. The van der Waals surface area contributed by atoms with E-state index >= 15 is 0 Å². The fraction of sp³-hybridized carbons (Fsp3) is 0.500. The quantitative estimate of drug-likeness (QED) is 0.324. The van der Waals surface area contributed by atoms with Crippen LogP contribution < -0.4 is 10.2 Å². The van der Waals surface area contributed by atoms with Crippen molar-refractivity contribution in [1.29, 1.82) is 0 Å². The van der Waals surface area contributed by atoms with Gasteiger partial charge >= 0.3 is 12.0 Å². The number of esters is 1. The van der Waals surface area contributed by atoms with E-state index in [1.54, 1.807) is 13.0 Å². The first-order chi connectivity index (χ1) is 14.7. The molecule has 4 amide bonds. The normalized spacial score (nSPS) is 27.5. The van der Waals surface area contributed by atoms with Gasteiger partial charge < -0.3 is 9.64 Å². The summed E-state index contributed by atoms with van der Waals surface area (Å²) in [6.07, 6.45) is 0.534. The maximum atomic E-state index is 13.4. The molecule has 11 heteroatoms. The van der Waals surface area contributed by atoms with E-state index in [4.69, 9.17) is 4.74 Å². The fourth-order valence-corrected chi connectivity index (χ4v) is 4.95. The summed E-state index contributed by atoms with van der Waals surface area (Å²) in [6, 6.07) is 2.83. The molecule has 4 rings (SSSR count). The molecule has 2 fully saturated rings. The fourth-order valence-electron chi connectivity index (χ4n) is 4.95. The highest BCUT2D eigenvalue weighted by Gasteiger charge is 2.62. The Morgan fingerprint density at radius 2 is 2.10 bits per heavy atom.